The molecule has 1 saturated heterocycles. The Morgan fingerprint density at radius 1 is 1.15 bits per heavy atom. The van der Waals surface area contributed by atoms with Crippen molar-refractivity contribution >= 4 is 17.8 Å². The zero-order valence-corrected chi connectivity index (χ0v) is 11.3. The van der Waals surface area contributed by atoms with Gasteiger partial charge in [0.25, 0.3) is 0 Å². The predicted molar refractivity (Wildman–Crippen MR) is 63.6 cm³/mol. The average Bonchev–Trinajstić information content (AvgIpc) is 2.33. The lowest BCUT2D eigenvalue weighted by Crippen LogP contribution is -2.63. The van der Waals surface area contributed by atoms with Gasteiger partial charge in [-0.2, -0.15) is 13.2 Å². The Hall–Kier alpha value is -1.60. The van der Waals surface area contributed by atoms with Gasteiger partial charge in [-0.05, 0) is 19.3 Å². The summed E-state index contributed by atoms with van der Waals surface area (Å²) in [4.78, 5) is 36.4. The Morgan fingerprint density at radius 3 is 2.15 bits per heavy atom. The molecule has 0 aliphatic carbocycles. The Morgan fingerprint density at radius 2 is 1.70 bits per heavy atom. The van der Waals surface area contributed by atoms with Crippen LogP contribution in [0.3, 0.4) is 0 Å². The lowest BCUT2D eigenvalue weighted by atomic mass is 9.78. The molecule has 0 bridgehead atoms. The zero-order valence-electron chi connectivity index (χ0n) is 11.3. The molecule has 1 rings (SSSR count). The lowest BCUT2D eigenvalue weighted by molar-refractivity contribution is -0.154. The fraction of sp³-hybridized carbons (Fsp3) is 0.750. The summed E-state index contributed by atoms with van der Waals surface area (Å²) in [5, 5.41) is 2.05. The molecule has 0 spiro atoms. The maximum absolute atomic E-state index is 12.2. The van der Waals surface area contributed by atoms with Crippen LogP contribution < -0.4 is 5.32 Å². The zero-order chi connectivity index (χ0) is 15.6. The normalized spacial score (nSPS) is 19.2. The first-order valence-electron chi connectivity index (χ1n) is 6.42. The first-order valence-corrected chi connectivity index (χ1v) is 6.42. The standard InChI is InChI=1S/C12H17F3N2O3/c1-3-11(4-2)8(18)16-10(20)17(9(11)19)7-5-6-12(13,14)15/h3-7H2,1-2H3,(H,16,18,20). The van der Waals surface area contributed by atoms with E-state index in [4.69, 9.17) is 0 Å². The van der Waals surface area contributed by atoms with Crippen molar-refractivity contribution in [2.75, 3.05) is 6.54 Å². The second kappa shape index (κ2) is 5.80. The number of barbiturate groups is 1. The van der Waals surface area contributed by atoms with Crippen molar-refractivity contribution in [3.63, 3.8) is 0 Å². The number of amides is 4. The van der Waals surface area contributed by atoms with E-state index in [-0.39, 0.29) is 25.8 Å². The van der Waals surface area contributed by atoms with E-state index in [0.29, 0.717) is 4.90 Å². The number of alkyl halides is 3. The molecule has 114 valence electrons. The van der Waals surface area contributed by atoms with E-state index in [1.165, 1.54) is 0 Å². The van der Waals surface area contributed by atoms with Gasteiger partial charge in [0, 0.05) is 13.0 Å². The number of hydrogen-bond acceptors (Lipinski definition) is 3. The van der Waals surface area contributed by atoms with Gasteiger partial charge in [0.15, 0.2) is 0 Å². The van der Waals surface area contributed by atoms with Crippen LogP contribution in [0.2, 0.25) is 0 Å². The minimum absolute atomic E-state index is 0.192. The van der Waals surface area contributed by atoms with Gasteiger partial charge in [-0.3, -0.25) is 19.8 Å². The molecule has 1 heterocycles. The lowest BCUT2D eigenvalue weighted by Gasteiger charge is -2.38. The number of hydrogen-bond donors (Lipinski definition) is 1. The molecule has 0 atom stereocenters. The Kier molecular flexibility index (Phi) is 4.77. The number of halogens is 3. The summed E-state index contributed by atoms with van der Waals surface area (Å²) in [5.74, 6) is -1.39. The molecule has 1 aliphatic rings. The van der Waals surface area contributed by atoms with Crippen LogP contribution in [0.5, 0.6) is 0 Å². The summed E-state index contributed by atoms with van der Waals surface area (Å²) >= 11 is 0. The van der Waals surface area contributed by atoms with Crippen molar-refractivity contribution in [2.45, 2.75) is 45.7 Å². The highest BCUT2D eigenvalue weighted by Crippen LogP contribution is 2.32. The molecule has 0 aromatic carbocycles. The summed E-state index contributed by atoms with van der Waals surface area (Å²) in [6, 6.07) is -0.945. The molecule has 0 aromatic rings. The van der Waals surface area contributed by atoms with Gasteiger partial charge in [-0.1, -0.05) is 13.8 Å². The van der Waals surface area contributed by atoms with Crippen molar-refractivity contribution in [1.29, 1.82) is 0 Å². The second-order valence-electron chi connectivity index (χ2n) is 4.72. The third kappa shape index (κ3) is 3.10. The van der Waals surface area contributed by atoms with Crippen molar-refractivity contribution in [3.8, 4) is 0 Å². The number of rotatable bonds is 5. The Labute approximate surface area is 114 Å². The summed E-state index contributed by atoms with van der Waals surface area (Å²) < 4.78 is 36.3. The van der Waals surface area contributed by atoms with Crippen LogP contribution in [-0.4, -0.2) is 35.5 Å². The fourth-order valence-corrected chi connectivity index (χ4v) is 2.25. The maximum Gasteiger partial charge on any atom is 0.389 e. The van der Waals surface area contributed by atoms with Crippen LogP contribution in [0.15, 0.2) is 0 Å². The van der Waals surface area contributed by atoms with E-state index >= 15 is 0 Å². The minimum atomic E-state index is -4.34. The van der Waals surface area contributed by atoms with Crippen LogP contribution in [0.25, 0.3) is 0 Å². The van der Waals surface area contributed by atoms with Crippen LogP contribution >= 0.6 is 0 Å². The van der Waals surface area contributed by atoms with Crippen molar-refractivity contribution in [2.24, 2.45) is 5.41 Å². The van der Waals surface area contributed by atoms with Crippen LogP contribution in [0.1, 0.15) is 39.5 Å². The van der Waals surface area contributed by atoms with E-state index in [9.17, 15) is 27.6 Å². The van der Waals surface area contributed by atoms with Gasteiger partial charge >= 0.3 is 12.2 Å². The van der Waals surface area contributed by atoms with Crippen molar-refractivity contribution < 1.29 is 27.6 Å². The average molecular weight is 294 g/mol. The highest BCUT2D eigenvalue weighted by atomic mass is 19.4. The summed E-state index contributed by atoms with van der Waals surface area (Å²) in [5.41, 5.74) is -1.36. The van der Waals surface area contributed by atoms with E-state index < -0.39 is 35.9 Å². The second-order valence-corrected chi connectivity index (χ2v) is 4.72. The summed E-state index contributed by atoms with van der Waals surface area (Å²) in [6.07, 6.45) is -5.41. The van der Waals surface area contributed by atoms with E-state index in [1.807, 2.05) is 5.32 Å². The number of nitrogens with zero attached hydrogens (tertiary/aromatic N) is 1. The number of urea groups is 1. The highest BCUT2D eigenvalue weighted by molar-refractivity contribution is 6.19. The molecule has 0 saturated carbocycles. The Bertz CT molecular complexity index is 417. The molecule has 1 fully saturated rings. The molecule has 20 heavy (non-hydrogen) atoms. The minimum Gasteiger partial charge on any atom is -0.277 e. The van der Waals surface area contributed by atoms with Crippen LogP contribution in [0.4, 0.5) is 18.0 Å². The summed E-state index contributed by atoms with van der Waals surface area (Å²) in [6.45, 7) is 2.91. The number of carbonyl (C=O) groups is 3. The van der Waals surface area contributed by atoms with E-state index in [0.717, 1.165) is 0 Å². The molecule has 4 amide bonds. The number of carbonyl (C=O) groups excluding carboxylic acids is 3. The molecular weight excluding hydrogens is 277 g/mol. The number of imide groups is 2. The van der Waals surface area contributed by atoms with Gasteiger partial charge in [0.2, 0.25) is 11.8 Å². The van der Waals surface area contributed by atoms with E-state index in [2.05, 4.69) is 0 Å². The molecular formula is C12H17F3N2O3. The third-order valence-electron chi connectivity index (χ3n) is 3.60. The molecule has 0 unspecified atom stereocenters. The summed E-state index contributed by atoms with van der Waals surface area (Å²) in [7, 11) is 0. The van der Waals surface area contributed by atoms with Gasteiger partial charge < -0.3 is 0 Å². The molecule has 1 aliphatic heterocycles. The first-order chi connectivity index (χ1) is 9.18. The smallest absolute Gasteiger partial charge is 0.277 e. The third-order valence-corrected chi connectivity index (χ3v) is 3.60. The van der Waals surface area contributed by atoms with Gasteiger partial charge in [0.05, 0.1) is 0 Å². The van der Waals surface area contributed by atoms with Gasteiger partial charge in [-0.25, -0.2) is 4.79 Å². The first kappa shape index (κ1) is 16.5. The van der Waals surface area contributed by atoms with Crippen molar-refractivity contribution in [1.82, 2.24) is 10.2 Å². The molecule has 5 nitrogen and oxygen atoms in total. The molecule has 1 N–H and O–H groups in total. The van der Waals surface area contributed by atoms with Crippen molar-refractivity contribution in [3.05, 3.63) is 0 Å². The molecule has 0 aromatic heterocycles. The largest absolute Gasteiger partial charge is 0.389 e. The quantitative estimate of drug-likeness (QED) is 0.791. The molecule has 0 radical (unpaired) electrons. The molecule has 8 heteroatoms. The highest BCUT2D eigenvalue weighted by Gasteiger charge is 2.51. The van der Waals surface area contributed by atoms with E-state index in [1.54, 1.807) is 13.8 Å². The Balaban J connectivity index is 2.83. The maximum atomic E-state index is 12.2. The predicted octanol–water partition coefficient (Wildman–Crippen LogP) is 2.21. The topological polar surface area (TPSA) is 66.5 Å². The van der Waals surface area contributed by atoms with Crippen LogP contribution in [0, 0.1) is 5.41 Å². The van der Waals surface area contributed by atoms with Crippen LogP contribution in [-0.2, 0) is 9.59 Å². The SMILES string of the molecule is CCC1(CC)C(=O)NC(=O)N(CCCC(F)(F)F)C1=O. The fourth-order valence-electron chi connectivity index (χ4n) is 2.25. The monoisotopic (exact) mass is 294 g/mol. The number of nitrogens with one attached hydrogen (secondary N) is 1. The van der Waals surface area contributed by atoms with Gasteiger partial charge in [0.1, 0.15) is 5.41 Å². The van der Waals surface area contributed by atoms with Gasteiger partial charge in [-0.15, -0.1) is 0 Å².